The summed E-state index contributed by atoms with van der Waals surface area (Å²) in [7, 11) is 3.00. The fourth-order valence-electron chi connectivity index (χ4n) is 1.30. The summed E-state index contributed by atoms with van der Waals surface area (Å²) in [5.41, 5.74) is 0.492. The Kier molecular flexibility index (Phi) is 4.38. The Bertz CT molecular complexity index is 340. The zero-order valence-corrected chi connectivity index (χ0v) is 10.1. The van der Waals surface area contributed by atoms with Gasteiger partial charge in [0.1, 0.15) is 6.10 Å². The number of benzene rings is 1. The van der Waals surface area contributed by atoms with Crippen LogP contribution in [-0.2, 0) is 0 Å². The van der Waals surface area contributed by atoms with Crippen molar-refractivity contribution in [2.75, 3.05) is 20.8 Å². The molecule has 15 heavy (non-hydrogen) atoms. The molecule has 0 aromatic heterocycles. The van der Waals surface area contributed by atoms with Crippen LogP contribution in [0.1, 0.15) is 11.7 Å². The standard InChI is InChI=1S/C10H13BrO4/c1-14-9-4-6(11)3-7(8(13)5-12)10(9)15-2/h3-4,8,12-13H,5H2,1-2H3. The topological polar surface area (TPSA) is 58.9 Å². The number of methoxy groups -OCH3 is 2. The summed E-state index contributed by atoms with van der Waals surface area (Å²) < 4.78 is 11.0. The molecule has 0 saturated carbocycles. The minimum atomic E-state index is -0.980. The van der Waals surface area contributed by atoms with Gasteiger partial charge in [0.05, 0.1) is 20.8 Å². The molecule has 5 heteroatoms. The summed E-state index contributed by atoms with van der Waals surface area (Å²) in [5, 5.41) is 18.5. The molecule has 1 aromatic rings. The fraction of sp³-hybridized carbons (Fsp3) is 0.400. The number of ether oxygens (including phenoxy) is 2. The van der Waals surface area contributed by atoms with Crippen molar-refractivity contribution >= 4 is 15.9 Å². The Labute approximate surface area is 96.6 Å². The molecule has 0 fully saturated rings. The normalized spacial score (nSPS) is 12.3. The van der Waals surface area contributed by atoms with Gasteiger partial charge in [-0.05, 0) is 12.1 Å². The molecule has 0 aliphatic rings. The highest BCUT2D eigenvalue weighted by molar-refractivity contribution is 9.10. The second-order valence-corrected chi connectivity index (χ2v) is 3.84. The maximum absolute atomic E-state index is 9.58. The zero-order chi connectivity index (χ0) is 11.4. The molecule has 0 spiro atoms. The molecule has 84 valence electrons. The Balaban J connectivity index is 3.28. The second kappa shape index (κ2) is 5.34. The van der Waals surface area contributed by atoms with E-state index in [0.717, 1.165) is 4.47 Å². The molecule has 4 nitrogen and oxygen atoms in total. The van der Waals surface area contributed by atoms with Crippen molar-refractivity contribution in [3.8, 4) is 11.5 Å². The monoisotopic (exact) mass is 276 g/mol. The molecular formula is C10H13BrO4. The van der Waals surface area contributed by atoms with Gasteiger partial charge in [0.15, 0.2) is 11.5 Å². The predicted molar refractivity (Wildman–Crippen MR) is 59.3 cm³/mol. The first-order chi connectivity index (χ1) is 7.13. The number of hydrogen-bond acceptors (Lipinski definition) is 4. The largest absolute Gasteiger partial charge is 0.493 e. The second-order valence-electron chi connectivity index (χ2n) is 2.93. The van der Waals surface area contributed by atoms with Crippen molar-refractivity contribution in [2.45, 2.75) is 6.10 Å². The lowest BCUT2D eigenvalue weighted by atomic mass is 10.1. The van der Waals surface area contributed by atoms with Gasteiger partial charge < -0.3 is 19.7 Å². The van der Waals surface area contributed by atoms with E-state index >= 15 is 0 Å². The van der Waals surface area contributed by atoms with Gasteiger partial charge in [-0.25, -0.2) is 0 Å². The highest BCUT2D eigenvalue weighted by atomic mass is 79.9. The van der Waals surface area contributed by atoms with Gasteiger partial charge in [-0.15, -0.1) is 0 Å². The highest BCUT2D eigenvalue weighted by Crippen LogP contribution is 2.37. The van der Waals surface area contributed by atoms with Crippen LogP contribution >= 0.6 is 15.9 Å². The van der Waals surface area contributed by atoms with E-state index in [1.165, 1.54) is 14.2 Å². The SMILES string of the molecule is COc1cc(Br)cc(C(O)CO)c1OC. The van der Waals surface area contributed by atoms with Crippen LogP contribution in [0.3, 0.4) is 0 Å². The van der Waals surface area contributed by atoms with Crippen molar-refractivity contribution in [3.63, 3.8) is 0 Å². The van der Waals surface area contributed by atoms with Gasteiger partial charge in [-0.2, -0.15) is 0 Å². The Morgan fingerprint density at radius 3 is 2.47 bits per heavy atom. The summed E-state index contributed by atoms with van der Waals surface area (Å²) in [4.78, 5) is 0. The van der Waals surface area contributed by atoms with Crippen LogP contribution in [0, 0.1) is 0 Å². The van der Waals surface area contributed by atoms with Crippen molar-refractivity contribution in [1.29, 1.82) is 0 Å². The maximum Gasteiger partial charge on any atom is 0.166 e. The minimum absolute atomic E-state index is 0.365. The third-order valence-corrected chi connectivity index (χ3v) is 2.46. The van der Waals surface area contributed by atoms with E-state index in [0.29, 0.717) is 17.1 Å². The molecule has 0 aliphatic carbocycles. The van der Waals surface area contributed by atoms with Gasteiger partial charge in [-0.3, -0.25) is 0 Å². The third-order valence-electron chi connectivity index (χ3n) is 2.00. The van der Waals surface area contributed by atoms with Gasteiger partial charge in [0.2, 0.25) is 0 Å². The van der Waals surface area contributed by atoms with Crippen LogP contribution in [-0.4, -0.2) is 31.0 Å². The smallest absolute Gasteiger partial charge is 0.166 e. The van der Waals surface area contributed by atoms with Crippen LogP contribution in [0.2, 0.25) is 0 Å². The summed E-state index contributed by atoms with van der Waals surface area (Å²) in [6, 6.07) is 3.41. The Morgan fingerprint density at radius 1 is 1.33 bits per heavy atom. The summed E-state index contributed by atoms with van der Waals surface area (Å²) >= 11 is 3.29. The minimum Gasteiger partial charge on any atom is -0.493 e. The Hall–Kier alpha value is -0.780. The average Bonchev–Trinajstić information content (AvgIpc) is 2.26. The van der Waals surface area contributed by atoms with E-state index in [2.05, 4.69) is 15.9 Å². The maximum atomic E-state index is 9.58. The van der Waals surface area contributed by atoms with Gasteiger partial charge in [0.25, 0.3) is 0 Å². The molecule has 1 unspecified atom stereocenters. The molecule has 1 aromatic carbocycles. The molecule has 0 bridgehead atoms. The number of aliphatic hydroxyl groups excluding tert-OH is 2. The van der Waals surface area contributed by atoms with Gasteiger partial charge in [-0.1, -0.05) is 15.9 Å². The number of halogens is 1. The number of aliphatic hydroxyl groups is 2. The molecular weight excluding hydrogens is 264 g/mol. The van der Waals surface area contributed by atoms with Crippen LogP contribution in [0.25, 0.3) is 0 Å². The Morgan fingerprint density at radius 2 is 2.00 bits per heavy atom. The zero-order valence-electron chi connectivity index (χ0n) is 8.53. The molecule has 1 rings (SSSR count). The number of rotatable bonds is 4. The van der Waals surface area contributed by atoms with Crippen LogP contribution < -0.4 is 9.47 Å². The molecule has 2 N–H and O–H groups in total. The van der Waals surface area contributed by atoms with Crippen molar-refractivity contribution in [3.05, 3.63) is 22.2 Å². The first kappa shape index (κ1) is 12.3. The van der Waals surface area contributed by atoms with E-state index in [4.69, 9.17) is 14.6 Å². The average molecular weight is 277 g/mol. The molecule has 0 heterocycles. The number of hydrogen-bond donors (Lipinski definition) is 2. The lowest BCUT2D eigenvalue weighted by Crippen LogP contribution is -2.06. The first-order valence-corrected chi connectivity index (χ1v) is 5.13. The van der Waals surface area contributed by atoms with Crippen molar-refractivity contribution in [1.82, 2.24) is 0 Å². The molecule has 1 atom stereocenters. The van der Waals surface area contributed by atoms with E-state index < -0.39 is 6.10 Å². The molecule has 0 amide bonds. The van der Waals surface area contributed by atoms with Crippen molar-refractivity contribution < 1.29 is 19.7 Å². The third kappa shape index (κ3) is 2.62. The fourth-order valence-corrected chi connectivity index (χ4v) is 1.76. The van der Waals surface area contributed by atoms with Gasteiger partial charge >= 0.3 is 0 Å². The lowest BCUT2D eigenvalue weighted by Gasteiger charge is -2.16. The summed E-state index contributed by atoms with van der Waals surface area (Å²) in [6.07, 6.45) is -0.980. The summed E-state index contributed by atoms with van der Waals surface area (Å²) in [5.74, 6) is 0.941. The van der Waals surface area contributed by atoms with Crippen molar-refractivity contribution in [2.24, 2.45) is 0 Å². The summed E-state index contributed by atoms with van der Waals surface area (Å²) in [6.45, 7) is -0.365. The van der Waals surface area contributed by atoms with Crippen LogP contribution in [0.4, 0.5) is 0 Å². The van der Waals surface area contributed by atoms with Crippen LogP contribution in [0.15, 0.2) is 16.6 Å². The van der Waals surface area contributed by atoms with Gasteiger partial charge in [0, 0.05) is 10.0 Å². The van der Waals surface area contributed by atoms with E-state index in [1.54, 1.807) is 12.1 Å². The predicted octanol–water partition coefficient (Wildman–Crippen LogP) is 1.49. The van der Waals surface area contributed by atoms with E-state index in [1.807, 2.05) is 0 Å². The quantitative estimate of drug-likeness (QED) is 0.875. The van der Waals surface area contributed by atoms with E-state index in [9.17, 15) is 5.11 Å². The van der Waals surface area contributed by atoms with Crippen LogP contribution in [0.5, 0.6) is 11.5 Å². The first-order valence-electron chi connectivity index (χ1n) is 4.34. The molecule has 0 radical (unpaired) electrons. The highest BCUT2D eigenvalue weighted by Gasteiger charge is 2.17. The lowest BCUT2D eigenvalue weighted by molar-refractivity contribution is 0.0929. The molecule has 0 aliphatic heterocycles. The molecule has 0 saturated heterocycles. The van der Waals surface area contributed by atoms with E-state index in [-0.39, 0.29) is 6.61 Å².